The highest BCUT2D eigenvalue weighted by Gasteiger charge is 2.23. The normalized spacial score (nSPS) is 15.6. The number of hydrogen-bond acceptors (Lipinski definition) is 4. The Morgan fingerprint density at radius 1 is 1.00 bits per heavy atom. The summed E-state index contributed by atoms with van der Waals surface area (Å²) < 4.78 is 24.7. The molecule has 1 saturated heterocycles. The fraction of sp³-hybridized carbons (Fsp3) is 0.278. The van der Waals surface area contributed by atoms with Gasteiger partial charge in [0.05, 0.1) is 16.8 Å². The van der Waals surface area contributed by atoms with Crippen molar-refractivity contribution in [3.05, 3.63) is 58.1 Å². The molecule has 1 aliphatic rings. The van der Waals surface area contributed by atoms with E-state index in [0.717, 1.165) is 5.69 Å². The predicted octanol–water partition coefficient (Wildman–Crippen LogP) is 3.33. The third kappa shape index (κ3) is 4.93. The van der Waals surface area contributed by atoms with Gasteiger partial charge in [-0.3, -0.25) is 4.79 Å². The van der Waals surface area contributed by atoms with Crippen molar-refractivity contribution in [3.63, 3.8) is 0 Å². The smallest absolute Gasteiger partial charge is 0.257 e. The molecule has 0 unspecified atom stereocenters. The van der Waals surface area contributed by atoms with Gasteiger partial charge < -0.3 is 10.2 Å². The van der Waals surface area contributed by atoms with E-state index in [-0.39, 0.29) is 5.91 Å². The Labute approximate surface area is 168 Å². The Morgan fingerprint density at radius 3 is 2.22 bits per heavy atom. The fourth-order valence-corrected chi connectivity index (χ4v) is 4.11. The molecule has 144 valence electrons. The number of piperazine rings is 1. The Morgan fingerprint density at radius 2 is 1.63 bits per heavy atom. The number of carbonyl (C=O) groups excluding carboxylic acids is 1. The van der Waals surface area contributed by atoms with Gasteiger partial charge in [-0.25, -0.2) is 8.42 Å². The molecule has 9 heteroatoms. The zero-order chi connectivity index (χ0) is 19.6. The molecule has 1 heterocycles. The molecule has 0 spiro atoms. The van der Waals surface area contributed by atoms with Crippen LogP contribution in [0.25, 0.3) is 0 Å². The number of halogens is 2. The quantitative estimate of drug-likeness (QED) is 0.811. The second-order valence-corrected chi connectivity index (χ2v) is 9.10. The Kier molecular flexibility index (Phi) is 5.95. The van der Waals surface area contributed by atoms with Gasteiger partial charge in [-0.2, -0.15) is 4.31 Å². The van der Waals surface area contributed by atoms with Crippen molar-refractivity contribution in [2.24, 2.45) is 0 Å². The van der Waals surface area contributed by atoms with E-state index in [4.69, 9.17) is 23.2 Å². The van der Waals surface area contributed by atoms with Crippen molar-refractivity contribution in [1.29, 1.82) is 0 Å². The monoisotopic (exact) mass is 427 g/mol. The lowest BCUT2D eigenvalue weighted by atomic mass is 10.2. The van der Waals surface area contributed by atoms with Crippen LogP contribution in [0, 0.1) is 0 Å². The van der Waals surface area contributed by atoms with Crippen molar-refractivity contribution >= 4 is 50.5 Å². The number of amides is 1. The first-order valence-corrected chi connectivity index (χ1v) is 10.9. The fourth-order valence-electron chi connectivity index (χ4n) is 2.90. The predicted molar refractivity (Wildman–Crippen MR) is 109 cm³/mol. The number of hydrogen-bond donors (Lipinski definition) is 1. The summed E-state index contributed by atoms with van der Waals surface area (Å²) in [5.41, 5.74) is 1.92. The molecule has 0 radical (unpaired) electrons. The third-order valence-corrected chi connectivity index (χ3v) is 6.24. The van der Waals surface area contributed by atoms with Crippen LogP contribution in [-0.2, 0) is 10.0 Å². The van der Waals surface area contributed by atoms with Crippen LogP contribution in [-0.4, -0.2) is 51.1 Å². The van der Waals surface area contributed by atoms with Gasteiger partial charge in [-0.1, -0.05) is 23.2 Å². The lowest BCUT2D eigenvalue weighted by molar-refractivity contribution is 0.102. The molecule has 1 aliphatic heterocycles. The van der Waals surface area contributed by atoms with E-state index in [2.05, 4.69) is 10.2 Å². The molecule has 1 N–H and O–H groups in total. The van der Waals surface area contributed by atoms with E-state index in [9.17, 15) is 13.2 Å². The number of nitrogens with one attached hydrogen (secondary N) is 1. The lowest BCUT2D eigenvalue weighted by Gasteiger charge is -2.34. The van der Waals surface area contributed by atoms with Crippen LogP contribution in [0.4, 0.5) is 11.4 Å². The van der Waals surface area contributed by atoms with Crippen LogP contribution in [0.2, 0.25) is 10.0 Å². The second kappa shape index (κ2) is 8.06. The molecular weight excluding hydrogens is 409 g/mol. The number of carbonyl (C=O) groups is 1. The Bertz CT molecular complexity index is 941. The zero-order valence-corrected chi connectivity index (χ0v) is 17.0. The molecule has 1 amide bonds. The van der Waals surface area contributed by atoms with Gasteiger partial charge in [0.25, 0.3) is 5.91 Å². The van der Waals surface area contributed by atoms with Gasteiger partial charge in [0.15, 0.2) is 0 Å². The Balaban J connectivity index is 1.64. The van der Waals surface area contributed by atoms with E-state index in [1.807, 2.05) is 12.1 Å². The summed E-state index contributed by atoms with van der Waals surface area (Å²) in [6, 6.07) is 12.1. The highest BCUT2D eigenvalue weighted by atomic mass is 35.5. The zero-order valence-electron chi connectivity index (χ0n) is 14.7. The molecule has 27 heavy (non-hydrogen) atoms. The molecule has 0 saturated carbocycles. The van der Waals surface area contributed by atoms with Crippen LogP contribution in [0.15, 0.2) is 42.5 Å². The summed E-state index contributed by atoms with van der Waals surface area (Å²) in [5.74, 6) is -0.336. The van der Waals surface area contributed by atoms with Gasteiger partial charge in [0, 0.05) is 42.6 Å². The molecule has 0 atom stereocenters. The standard InChI is InChI=1S/C18H19Cl2N3O3S/c1-27(25,26)23-10-8-22(9-11-23)15-5-3-14(4-6-15)21-18(24)16-12-13(19)2-7-17(16)20/h2-7,12H,8-11H2,1H3,(H,21,24). The number of sulfonamides is 1. The molecule has 6 nitrogen and oxygen atoms in total. The van der Waals surface area contributed by atoms with E-state index in [1.165, 1.54) is 16.6 Å². The van der Waals surface area contributed by atoms with Crippen LogP contribution in [0.5, 0.6) is 0 Å². The number of nitrogens with zero attached hydrogens (tertiary/aromatic N) is 2. The average Bonchev–Trinajstić information content (AvgIpc) is 2.63. The maximum atomic E-state index is 12.4. The number of anilines is 2. The Hall–Kier alpha value is -1.80. The maximum absolute atomic E-state index is 12.4. The lowest BCUT2D eigenvalue weighted by Crippen LogP contribution is -2.48. The summed E-state index contributed by atoms with van der Waals surface area (Å²) in [4.78, 5) is 14.5. The molecule has 2 aromatic rings. The topological polar surface area (TPSA) is 69.7 Å². The third-order valence-electron chi connectivity index (χ3n) is 4.37. The summed E-state index contributed by atoms with van der Waals surface area (Å²) in [7, 11) is -3.15. The van der Waals surface area contributed by atoms with Crippen molar-refractivity contribution in [2.45, 2.75) is 0 Å². The summed E-state index contributed by atoms with van der Waals surface area (Å²) in [6.07, 6.45) is 1.23. The van der Waals surface area contributed by atoms with Crippen LogP contribution in [0.1, 0.15) is 10.4 Å². The highest BCUT2D eigenvalue weighted by molar-refractivity contribution is 7.88. The second-order valence-electron chi connectivity index (χ2n) is 6.27. The van der Waals surface area contributed by atoms with Crippen LogP contribution >= 0.6 is 23.2 Å². The molecule has 2 aromatic carbocycles. The minimum atomic E-state index is -3.15. The first-order valence-electron chi connectivity index (χ1n) is 8.30. The van der Waals surface area contributed by atoms with E-state index in [1.54, 1.807) is 24.3 Å². The molecule has 3 rings (SSSR count). The maximum Gasteiger partial charge on any atom is 0.257 e. The van der Waals surface area contributed by atoms with Gasteiger partial charge in [-0.05, 0) is 42.5 Å². The minimum absolute atomic E-state index is 0.310. The van der Waals surface area contributed by atoms with Crippen molar-refractivity contribution in [3.8, 4) is 0 Å². The number of benzene rings is 2. The van der Waals surface area contributed by atoms with Crippen molar-refractivity contribution < 1.29 is 13.2 Å². The molecule has 0 bridgehead atoms. The number of rotatable bonds is 4. The molecule has 0 aliphatic carbocycles. The van der Waals surface area contributed by atoms with E-state index >= 15 is 0 Å². The largest absolute Gasteiger partial charge is 0.369 e. The highest BCUT2D eigenvalue weighted by Crippen LogP contribution is 2.23. The summed E-state index contributed by atoms with van der Waals surface area (Å²) in [5, 5.41) is 3.56. The van der Waals surface area contributed by atoms with Gasteiger partial charge >= 0.3 is 0 Å². The molecular formula is C18H19Cl2N3O3S. The van der Waals surface area contributed by atoms with Crippen LogP contribution in [0.3, 0.4) is 0 Å². The minimum Gasteiger partial charge on any atom is -0.369 e. The van der Waals surface area contributed by atoms with E-state index in [0.29, 0.717) is 47.5 Å². The SMILES string of the molecule is CS(=O)(=O)N1CCN(c2ccc(NC(=O)c3cc(Cl)ccc3Cl)cc2)CC1. The average molecular weight is 428 g/mol. The first kappa shape index (κ1) is 19.9. The van der Waals surface area contributed by atoms with Crippen molar-refractivity contribution in [2.75, 3.05) is 42.7 Å². The molecule has 1 fully saturated rings. The van der Waals surface area contributed by atoms with Gasteiger partial charge in [0.1, 0.15) is 0 Å². The van der Waals surface area contributed by atoms with Crippen molar-refractivity contribution in [1.82, 2.24) is 4.31 Å². The summed E-state index contributed by atoms with van der Waals surface area (Å²) in [6.45, 7) is 2.17. The first-order chi connectivity index (χ1) is 12.7. The molecule has 0 aromatic heterocycles. The summed E-state index contributed by atoms with van der Waals surface area (Å²) >= 11 is 12.0. The van der Waals surface area contributed by atoms with Crippen LogP contribution < -0.4 is 10.2 Å². The van der Waals surface area contributed by atoms with Gasteiger partial charge in [0.2, 0.25) is 10.0 Å². The van der Waals surface area contributed by atoms with E-state index < -0.39 is 10.0 Å². The van der Waals surface area contributed by atoms with Gasteiger partial charge in [-0.15, -0.1) is 0 Å².